The molecule has 2 aromatic heterocycles. The summed E-state index contributed by atoms with van der Waals surface area (Å²) < 4.78 is 5.35. The third-order valence-electron chi connectivity index (χ3n) is 2.81. The van der Waals surface area contributed by atoms with Crippen LogP contribution < -0.4 is 10.5 Å². The van der Waals surface area contributed by atoms with E-state index >= 15 is 0 Å². The van der Waals surface area contributed by atoms with Crippen LogP contribution in [0, 0.1) is 6.92 Å². The molecule has 0 radical (unpaired) electrons. The van der Waals surface area contributed by atoms with Gasteiger partial charge in [-0.1, -0.05) is 0 Å². The number of hydrogen-bond acceptors (Lipinski definition) is 5. The van der Waals surface area contributed by atoms with E-state index < -0.39 is 0 Å². The molecule has 90 valence electrons. The van der Waals surface area contributed by atoms with Gasteiger partial charge in [-0.15, -0.1) is 0 Å². The van der Waals surface area contributed by atoms with E-state index in [1.54, 1.807) is 13.3 Å². The van der Waals surface area contributed by atoms with Gasteiger partial charge >= 0.3 is 0 Å². The molecule has 0 bridgehead atoms. The second-order valence-corrected chi connectivity index (χ2v) is 4.17. The zero-order valence-electron chi connectivity index (χ0n) is 10.1. The fraction of sp³-hybridized carbons (Fsp3) is 0.154. The molecule has 0 unspecified atom stereocenters. The lowest BCUT2D eigenvalue weighted by atomic mass is 10.1. The molecule has 0 aliphatic rings. The van der Waals surface area contributed by atoms with Gasteiger partial charge in [0.25, 0.3) is 0 Å². The fourth-order valence-corrected chi connectivity index (χ4v) is 2.02. The molecule has 0 saturated heterocycles. The second kappa shape index (κ2) is 3.80. The summed E-state index contributed by atoms with van der Waals surface area (Å²) in [5.74, 6) is 0.963. The van der Waals surface area contributed by atoms with E-state index in [9.17, 15) is 0 Å². The lowest BCUT2D eigenvalue weighted by Gasteiger charge is -2.07. The molecule has 5 heteroatoms. The van der Waals surface area contributed by atoms with Gasteiger partial charge in [0.2, 0.25) is 5.95 Å². The van der Waals surface area contributed by atoms with Crippen molar-refractivity contribution >= 4 is 27.9 Å². The third-order valence-corrected chi connectivity index (χ3v) is 2.81. The standard InChI is InChI=1S/C13H12N4O/c1-7-3-8-5-9-6-15-13(14)17-12(9)16-11(8)10(4-7)18-2/h3-6H,1-2H3,(H2,14,15,16,17). The summed E-state index contributed by atoms with van der Waals surface area (Å²) in [6.45, 7) is 2.02. The maximum absolute atomic E-state index is 5.57. The Hall–Kier alpha value is -2.43. The van der Waals surface area contributed by atoms with E-state index in [0.29, 0.717) is 5.65 Å². The van der Waals surface area contributed by atoms with Crippen LogP contribution in [0.2, 0.25) is 0 Å². The normalized spacial score (nSPS) is 11.0. The Bertz CT molecular complexity index is 755. The fourth-order valence-electron chi connectivity index (χ4n) is 2.02. The molecule has 2 N–H and O–H groups in total. The minimum atomic E-state index is 0.223. The van der Waals surface area contributed by atoms with Gasteiger partial charge in [0.15, 0.2) is 5.65 Å². The first kappa shape index (κ1) is 10.7. The summed E-state index contributed by atoms with van der Waals surface area (Å²) in [5.41, 5.74) is 8.06. The van der Waals surface area contributed by atoms with Crippen LogP contribution in [0.5, 0.6) is 5.75 Å². The van der Waals surface area contributed by atoms with E-state index in [-0.39, 0.29) is 5.95 Å². The van der Waals surface area contributed by atoms with Crippen LogP contribution in [0.15, 0.2) is 24.4 Å². The Kier molecular flexibility index (Phi) is 2.26. The summed E-state index contributed by atoms with van der Waals surface area (Å²) in [6, 6.07) is 6.00. The second-order valence-electron chi connectivity index (χ2n) is 4.17. The summed E-state index contributed by atoms with van der Waals surface area (Å²) >= 11 is 0. The lowest BCUT2D eigenvalue weighted by Crippen LogP contribution is -1.97. The zero-order valence-corrected chi connectivity index (χ0v) is 10.1. The summed E-state index contributed by atoms with van der Waals surface area (Å²) in [7, 11) is 1.63. The van der Waals surface area contributed by atoms with Crippen LogP contribution in [0.3, 0.4) is 0 Å². The molecule has 0 fully saturated rings. The van der Waals surface area contributed by atoms with Crippen molar-refractivity contribution in [1.82, 2.24) is 15.0 Å². The van der Waals surface area contributed by atoms with E-state index in [1.165, 1.54) is 0 Å². The van der Waals surface area contributed by atoms with E-state index in [0.717, 1.165) is 27.6 Å². The maximum Gasteiger partial charge on any atom is 0.222 e. The minimum absolute atomic E-state index is 0.223. The van der Waals surface area contributed by atoms with Gasteiger partial charge in [-0.2, -0.15) is 4.98 Å². The van der Waals surface area contributed by atoms with E-state index in [1.807, 2.05) is 19.1 Å². The van der Waals surface area contributed by atoms with Crippen LogP contribution in [0.25, 0.3) is 21.9 Å². The average Bonchev–Trinajstić information content (AvgIpc) is 2.35. The molecule has 1 aromatic carbocycles. The molecule has 5 nitrogen and oxygen atoms in total. The highest BCUT2D eigenvalue weighted by atomic mass is 16.5. The Morgan fingerprint density at radius 1 is 1.11 bits per heavy atom. The summed E-state index contributed by atoms with van der Waals surface area (Å²) in [5, 5.41) is 1.87. The average molecular weight is 240 g/mol. The van der Waals surface area contributed by atoms with Gasteiger partial charge in [-0.3, -0.25) is 0 Å². The number of pyridine rings is 1. The van der Waals surface area contributed by atoms with Crippen molar-refractivity contribution in [3.05, 3.63) is 30.0 Å². The van der Waals surface area contributed by atoms with Gasteiger partial charge in [0, 0.05) is 17.0 Å². The van der Waals surface area contributed by atoms with E-state index in [4.69, 9.17) is 10.5 Å². The smallest absolute Gasteiger partial charge is 0.222 e. The number of aromatic nitrogens is 3. The number of nitrogens with two attached hydrogens (primary N) is 1. The quantitative estimate of drug-likeness (QED) is 0.659. The first-order valence-electron chi connectivity index (χ1n) is 5.55. The van der Waals surface area contributed by atoms with Crippen LogP contribution in [0.1, 0.15) is 5.56 Å². The van der Waals surface area contributed by atoms with Crippen LogP contribution >= 0.6 is 0 Å². The third kappa shape index (κ3) is 1.60. The molecule has 2 heterocycles. The van der Waals surface area contributed by atoms with Gasteiger partial charge < -0.3 is 10.5 Å². The molecule has 0 aliphatic carbocycles. The number of fused-ring (bicyclic) bond motifs is 2. The number of hydrogen-bond donors (Lipinski definition) is 1. The van der Waals surface area contributed by atoms with Crippen molar-refractivity contribution in [3.63, 3.8) is 0 Å². The molecule has 0 atom stereocenters. The first-order valence-corrected chi connectivity index (χ1v) is 5.55. The van der Waals surface area contributed by atoms with Crippen molar-refractivity contribution in [2.75, 3.05) is 12.8 Å². The van der Waals surface area contributed by atoms with Crippen LogP contribution in [-0.2, 0) is 0 Å². The topological polar surface area (TPSA) is 73.9 Å². The highest BCUT2D eigenvalue weighted by molar-refractivity contribution is 5.94. The highest BCUT2D eigenvalue weighted by Gasteiger charge is 2.07. The minimum Gasteiger partial charge on any atom is -0.494 e. The van der Waals surface area contributed by atoms with Crippen molar-refractivity contribution in [2.45, 2.75) is 6.92 Å². The highest BCUT2D eigenvalue weighted by Crippen LogP contribution is 2.27. The molecule has 0 saturated carbocycles. The van der Waals surface area contributed by atoms with Gasteiger partial charge in [0.1, 0.15) is 11.3 Å². The van der Waals surface area contributed by atoms with Crippen LogP contribution in [-0.4, -0.2) is 22.1 Å². The lowest BCUT2D eigenvalue weighted by molar-refractivity contribution is 0.418. The summed E-state index contributed by atoms with van der Waals surface area (Å²) in [4.78, 5) is 12.6. The van der Waals surface area contributed by atoms with Crippen LogP contribution in [0.4, 0.5) is 5.95 Å². The Labute approximate surface area is 104 Å². The Balaban J connectivity index is 2.44. The van der Waals surface area contributed by atoms with Gasteiger partial charge in [-0.25, -0.2) is 9.97 Å². The number of ether oxygens (including phenoxy) is 1. The molecule has 3 aromatic rings. The molecular formula is C13H12N4O. The molecular weight excluding hydrogens is 228 g/mol. The van der Waals surface area contributed by atoms with E-state index in [2.05, 4.69) is 21.0 Å². The monoisotopic (exact) mass is 240 g/mol. The zero-order chi connectivity index (χ0) is 12.7. The number of anilines is 1. The molecule has 3 rings (SSSR count). The number of methoxy groups -OCH3 is 1. The molecule has 18 heavy (non-hydrogen) atoms. The Morgan fingerprint density at radius 2 is 1.94 bits per heavy atom. The van der Waals surface area contributed by atoms with Crippen molar-refractivity contribution in [2.24, 2.45) is 0 Å². The molecule has 0 aliphatic heterocycles. The number of aryl methyl sites for hydroxylation is 1. The van der Waals surface area contributed by atoms with Gasteiger partial charge in [0.05, 0.1) is 7.11 Å². The number of nitrogen functional groups attached to an aromatic ring is 1. The number of nitrogens with zero attached hydrogens (tertiary/aromatic N) is 3. The predicted octanol–water partition coefficient (Wildman–Crippen LogP) is 2.08. The van der Waals surface area contributed by atoms with Crippen molar-refractivity contribution in [1.29, 1.82) is 0 Å². The first-order chi connectivity index (χ1) is 8.67. The predicted molar refractivity (Wildman–Crippen MR) is 70.5 cm³/mol. The van der Waals surface area contributed by atoms with Crippen molar-refractivity contribution < 1.29 is 4.74 Å². The summed E-state index contributed by atoms with van der Waals surface area (Å²) in [6.07, 6.45) is 1.68. The largest absolute Gasteiger partial charge is 0.494 e. The molecule has 0 spiro atoms. The Morgan fingerprint density at radius 3 is 2.72 bits per heavy atom. The van der Waals surface area contributed by atoms with Crippen molar-refractivity contribution in [3.8, 4) is 5.75 Å². The molecule has 0 amide bonds. The van der Waals surface area contributed by atoms with Gasteiger partial charge in [-0.05, 0) is 30.7 Å². The number of rotatable bonds is 1. The maximum atomic E-state index is 5.57. The number of benzene rings is 1. The SMILES string of the molecule is COc1cc(C)cc2cc3cnc(N)nc3nc12.